The molecule has 1 aliphatic heterocycles. The lowest BCUT2D eigenvalue weighted by atomic mass is 10.2. The van der Waals surface area contributed by atoms with E-state index in [2.05, 4.69) is 0 Å². The van der Waals surface area contributed by atoms with Gasteiger partial charge in [-0.2, -0.15) is 0 Å². The van der Waals surface area contributed by atoms with Crippen LogP contribution in [-0.4, -0.2) is 42.1 Å². The standard InChI is InChI=1S/C25H23N3O4S3/c1-16-9-8-14-27-21(16)26-22(34-17-10-4-2-5-11-17)18(23(27)31)15-19-24(32)28(25(33)35-19)13-7-3-6-12-20(29)30/h2,4-5,8-11,14-15H,3,6-7,12-13H2,1H3,(H,29,30)/b19-15+. The molecule has 0 bridgehead atoms. The van der Waals surface area contributed by atoms with E-state index in [0.29, 0.717) is 51.3 Å². The first-order valence-electron chi connectivity index (χ1n) is 11.1. The van der Waals surface area contributed by atoms with Crippen LogP contribution in [0.15, 0.2) is 68.3 Å². The summed E-state index contributed by atoms with van der Waals surface area (Å²) in [5.41, 5.74) is 1.53. The van der Waals surface area contributed by atoms with Gasteiger partial charge >= 0.3 is 5.97 Å². The van der Waals surface area contributed by atoms with Crippen LogP contribution in [0.3, 0.4) is 0 Å². The predicted molar refractivity (Wildman–Crippen MR) is 143 cm³/mol. The van der Waals surface area contributed by atoms with Crippen LogP contribution in [0.4, 0.5) is 0 Å². The number of aromatic nitrogens is 2. The van der Waals surface area contributed by atoms with Gasteiger partial charge in [-0.3, -0.25) is 23.7 Å². The van der Waals surface area contributed by atoms with Gasteiger partial charge in [0.25, 0.3) is 11.5 Å². The number of carbonyl (C=O) groups excluding carboxylic acids is 1. The fourth-order valence-electron chi connectivity index (χ4n) is 3.64. The number of rotatable bonds is 9. The summed E-state index contributed by atoms with van der Waals surface area (Å²) in [5, 5.41) is 9.29. The van der Waals surface area contributed by atoms with Crippen molar-refractivity contribution in [1.82, 2.24) is 14.3 Å². The van der Waals surface area contributed by atoms with E-state index in [1.807, 2.05) is 43.3 Å². The van der Waals surface area contributed by atoms with Crippen molar-refractivity contribution in [2.45, 2.75) is 42.5 Å². The Morgan fingerprint density at radius 1 is 1.14 bits per heavy atom. The van der Waals surface area contributed by atoms with Crippen LogP contribution in [0.1, 0.15) is 36.8 Å². The number of pyridine rings is 1. The number of carbonyl (C=O) groups is 2. The van der Waals surface area contributed by atoms with Gasteiger partial charge in [-0.1, -0.05) is 66.4 Å². The predicted octanol–water partition coefficient (Wildman–Crippen LogP) is 5.00. The SMILES string of the molecule is Cc1cccn2c(=O)c(/C=C3/SC(=S)N(CCCCCC(=O)O)C3=O)c(Sc3ccccc3)nc12. The molecule has 1 aliphatic rings. The molecule has 2 aromatic heterocycles. The maximum atomic E-state index is 13.5. The summed E-state index contributed by atoms with van der Waals surface area (Å²) in [6, 6.07) is 13.3. The van der Waals surface area contributed by atoms with Crippen LogP contribution in [0.5, 0.6) is 0 Å². The molecule has 180 valence electrons. The lowest BCUT2D eigenvalue weighted by Gasteiger charge is -2.14. The van der Waals surface area contributed by atoms with Crippen molar-refractivity contribution in [3.63, 3.8) is 0 Å². The summed E-state index contributed by atoms with van der Waals surface area (Å²) < 4.78 is 1.93. The highest BCUT2D eigenvalue weighted by molar-refractivity contribution is 8.26. The van der Waals surface area contributed by atoms with Gasteiger partial charge < -0.3 is 5.11 Å². The number of hydrogen-bond acceptors (Lipinski definition) is 7. The van der Waals surface area contributed by atoms with Crippen molar-refractivity contribution in [1.29, 1.82) is 0 Å². The highest BCUT2D eigenvalue weighted by Gasteiger charge is 2.32. The largest absolute Gasteiger partial charge is 0.481 e. The van der Waals surface area contributed by atoms with Gasteiger partial charge in [0, 0.05) is 24.1 Å². The van der Waals surface area contributed by atoms with E-state index >= 15 is 0 Å². The zero-order valence-corrected chi connectivity index (χ0v) is 21.4. The van der Waals surface area contributed by atoms with Crippen LogP contribution in [0.25, 0.3) is 11.7 Å². The summed E-state index contributed by atoms with van der Waals surface area (Å²) >= 11 is 7.97. The Bertz CT molecular complexity index is 1390. The van der Waals surface area contributed by atoms with E-state index in [9.17, 15) is 14.4 Å². The third-order valence-electron chi connectivity index (χ3n) is 5.43. The van der Waals surface area contributed by atoms with Gasteiger partial charge in [0.15, 0.2) is 0 Å². The topological polar surface area (TPSA) is 92.0 Å². The zero-order valence-electron chi connectivity index (χ0n) is 19.0. The van der Waals surface area contributed by atoms with E-state index < -0.39 is 5.97 Å². The first-order chi connectivity index (χ1) is 16.8. The first-order valence-corrected chi connectivity index (χ1v) is 13.1. The van der Waals surface area contributed by atoms with Crippen molar-refractivity contribution in [3.8, 4) is 0 Å². The lowest BCUT2D eigenvalue weighted by Crippen LogP contribution is -2.29. The minimum Gasteiger partial charge on any atom is -0.481 e. The fraction of sp³-hybridized carbons (Fsp3) is 0.240. The van der Waals surface area contributed by atoms with Crippen molar-refractivity contribution in [2.75, 3.05) is 6.54 Å². The molecule has 35 heavy (non-hydrogen) atoms. The molecule has 3 aromatic rings. The molecule has 0 saturated carbocycles. The smallest absolute Gasteiger partial charge is 0.303 e. The third-order valence-corrected chi connectivity index (χ3v) is 7.82. The molecule has 0 unspecified atom stereocenters. The van der Waals surface area contributed by atoms with Gasteiger partial charge in [0.05, 0.1) is 10.5 Å². The first kappa shape index (κ1) is 25.2. The number of carboxylic acid groups (broad SMARTS) is 1. The zero-order chi connectivity index (χ0) is 24.9. The molecule has 1 N–H and O–H groups in total. The summed E-state index contributed by atoms with van der Waals surface area (Å²) in [4.78, 5) is 44.9. The molecule has 4 rings (SSSR count). The fourth-order valence-corrected chi connectivity index (χ4v) is 5.84. The van der Waals surface area contributed by atoms with E-state index in [0.717, 1.165) is 10.5 Å². The van der Waals surface area contributed by atoms with Crippen molar-refractivity contribution in [2.24, 2.45) is 0 Å². The minimum atomic E-state index is -0.826. The molecule has 7 nitrogen and oxygen atoms in total. The Morgan fingerprint density at radius 3 is 2.66 bits per heavy atom. The molecule has 3 heterocycles. The van der Waals surface area contributed by atoms with E-state index in [4.69, 9.17) is 22.3 Å². The molecular formula is C25H23N3O4S3. The number of hydrogen-bond donors (Lipinski definition) is 1. The van der Waals surface area contributed by atoms with Crippen molar-refractivity contribution in [3.05, 3.63) is 75.0 Å². The molecule has 0 radical (unpaired) electrons. The normalized spacial score (nSPS) is 14.9. The van der Waals surface area contributed by atoms with Crippen LogP contribution in [0, 0.1) is 6.92 Å². The Balaban J connectivity index is 1.66. The number of amides is 1. The van der Waals surface area contributed by atoms with Crippen LogP contribution >= 0.6 is 35.7 Å². The molecule has 10 heteroatoms. The lowest BCUT2D eigenvalue weighted by molar-refractivity contribution is -0.137. The monoisotopic (exact) mass is 525 g/mol. The number of aliphatic carboxylic acids is 1. The number of benzene rings is 1. The highest BCUT2D eigenvalue weighted by Crippen LogP contribution is 2.35. The number of fused-ring (bicyclic) bond motifs is 1. The second-order valence-corrected chi connectivity index (χ2v) is 10.7. The number of thioether (sulfide) groups is 1. The van der Waals surface area contributed by atoms with Gasteiger partial charge in [0.1, 0.15) is 15.0 Å². The summed E-state index contributed by atoms with van der Waals surface area (Å²) in [6.45, 7) is 2.32. The summed E-state index contributed by atoms with van der Waals surface area (Å²) in [5.74, 6) is -1.07. The van der Waals surface area contributed by atoms with E-state index in [1.165, 1.54) is 32.8 Å². The molecule has 0 atom stereocenters. The highest BCUT2D eigenvalue weighted by atomic mass is 32.2. The number of carboxylic acids is 1. The molecular weight excluding hydrogens is 502 g/mol. The Labute approximate surface area is 216 Å². The molecule has 1 aromatic carbocycles. The number of thiocarbonyl (C=S) groups is 1. The van der Waals surface area contributed by atoms with Crippen LogP contribution in [0.2, 0.25) is 0 Å². The average molecular weight is 526 g/mol. The maximum Gasteiger partial charge on any atom is 0.303 e. The van der Waals surface area contributed by atoms with Gasteiger partial charge in [-0.25, -0.2) is 4.98 Å². The average Bonchev–Trinajstić information content (AvgIpc) is 3.09. The van der Waals surface area contributed by atoms with E-state index in [1.54, 1.807) is 18.3 Å². The van der Waals surface area contributed by atoms with Crippen LogP contribution < -0.4 is 5.56 Å². The van der Waals surface area contributed by atoms with Gasteiger partial charge in [-0.15, -0.1) is 0 Å². The quantitative estimate of drug-likeness (QED) is 0.181. The van der Waals surface area contributed by atoms with Crippen molar-refractivity contribution < 1.29 is 14.7 Å². The van der Waals surface area contributed by atoms with Crippen LogP contribution in [-0.2, 0) is 9.59 Å². The second-order valence-electron chi connectivity index (χ2n) is 7.97. The number of unbranched alkanes of at least 4 members (excludes halogenated alkanes) is 2. The molecule has 0 spiro atoms. The van der Waals surface area contributed by atoms with Gasteiger partial charge in [-0.05, 0) is 49.6 Å². The summed E-state index contributed by atoms with van der Waals surface area (Å²) in [6.07, 6.45) is 5.28. The number of nitrogens with zero attached hydrogens (tertiary/aromatic N) is 3. The Morgan fingerprint density at radius 2 is 1.91 bits per heavy atom. The molecule has 1 amide bonds. The third kappa shape index (κ3) is 5.83. The van der Waals surface area contributed by atoms with Crippen molar-refractivity contribution >= 4 is 63.7 Å². The molecule has 1 fully saturated rings. The molecule has 0 aliphatic carbocycles. The molecule has 1 saturated heterocycles. The minimum absolute atomic E-state index is 0.110. The van der Waals surface area contributed by atoms with E-state index in [-0.39, 0.29) is 17.9 Å². The number of aryl methyl sites for hydroxylation is 1. The Kier molecular flexibility index (Phi) is 8.04. The maximum absolute atomic E-state index is 13.5. The second kappa shape index (κ2) is 11.2. The van der Waals surface area contributed by atoms with Gasteiger partial charge in [0.2, 0.25) is 0 Å². The summed E-state index contributed by atoms with van der Waals surface area (Å²) in [7, 11) is 0. The Hall–Kier alpha value is -2.95.